The minimum atomic E-state index is -0.150. The molecule has 0 aliphatic heterocycles. The summed E-state index contributed by atoms with van der Waals surface area (Å²) in [5.41, 5.74) is 7.72. The van der Waals surface area contributed by atoms with Gasteiger partial charge in [0, 0.05) is 24.5 Å². The fraction of sp³-hybridized carbons (Fsp3) is 0.640. The summed E-state index contributed by atoms with van der Waals surface area (Å²) in [6, 6.07) is 0.0905. The van der Waals surface area contributed by atoms with Crippen molar-refractivity contribution in [1.82, 2.24) is 20.3 Å². The third kappa shape index (κ3) is 6.50. The quantitative estimate of drug-likeness (QED) is 0.106. The number of hydrogen-bond donors (Lipinski definition) is 4. The number of oxime groups is 1. The third-order valence-corrected chi connectivity index (χ3v) is 8.12. The van der Waals surface area contributed by atoms with Crippen LogP contribution in [-0.2, 0) is 0 Å². The summed E-state index contributed by atoms with van der Waals surface area (Å²) in [4.78, 5) is 20.4. The molecule has 2 saturated carbocycles. The fourth-order valence-electron chi connectivity index (χ4n) is 4.91. The lowest BCUT2D eigenvalue weighted by atomic mass is 9.85. The molecule has 0 saturated heterocycles. The average molecular weight is 514 g/mol. The summed E-state index contributed by atoms with van der Waals surface area (Å²) in [5.74, 6) is 2.27. The Morgan fingerprint density at radius 2 is 1.94 bits per heavy atom. The van der Waals surface area contributed by atoms with E-state index in [9.17, 15) is 5.21 Å². The van der Waals surface area contributed by atoms with Crippen LogP contribution in [0.15, 0.2) is 15.5 Å². The molecule has 2 aliphatic rings. The van der Waals surface area contributed by atoms with Crippen molar-refractivity contribution in [3.05, 3.63) is 21.9 Å². The molecular weight excluding hydrogens is 474 g/mol. The lowest BCUT2D eigenvalue weighted by Crippen LogP contribution is -2.40. The van der Waals surface area contributed by atoms with Crippen LogP contribution in [0, 0.1) is 18.8 Å². The van der Waals surface area contributed by atoms with E-state index in [0.29, 0.717) is 30.1 Å². The van der Waals surface area contributed by atoms with Crippen LogP contribution in [0.3, 0.4) is 0 Å². The number of hydrogen-bond acceptors (Lipinski definition) is 10. The molecule has 0 radical (unpaired) electrons. The predicted octanol–water partition coefficient (Wildman–Crippen LogP) is 4.58. The highest BCUT2D eigenvalue weighted by Gasteiger charge is 2.26. The largest absolute Gasteiger partial charge is 0.409 e. The number of aliphatic imine (C=N–C) groups is 1. The van der Waals surface area contributed by atoms with Crippen molar-refractivity contribution < 1.29 is 5.21 Å². The highest BCUT2D eigenvalue weighted by atomic mass is 32.1. The van der Waals surface area contributed by atoms with Crippen LogP contribution < -0.4 is 21.3 Å². The minimum absolute atomic E-state index is 0.0905. The van der Waals surface area contributed by atoms with E-state index >= 15 is 0 Å². The Balaban J connectivity index is 1.66. The van der Waals surface area contributed by atoms with Gasteiger partial charge in [0.15, 0.2) is 11.6 Å². The molecule has 36 heavy (non-hydrogen) atoms. The van der Waals surface area contributed by atoms with E-state index < -0.39 is 0 Å². The van der Waals surface area contributed by atoms with Gasteiger partial charge in [-0.3, -0.25) is 5.32 Å². The zero-order valence-electron chi connectivity index (χ0n) is 21.4. The van der Waals surface area contributed by atoms with E-state index in [1.807, 2.05) is 6.92 Å². The second-order valence-corrected chi connectivity index (χ2v) is 11.1. The predicted molar refractivity (Wildman–Crippen MR) is 147 cm³/mol. The molecule has 0 spiro atoms. The zero-order valence-corrected chi connectivity index (χ0v) is 22.2. The maximum atomic E-state index is 9.25. The summed E-state index contributed by atoms with van der Waals surface area (Å²) in [5, 5.41) is 22.7. The van der Waals surface area contributed by atoms with Gasteiger partial charge in [-0.25, -0.2) is 19.9 Å². The van der Waals surface area contributed by atoms with Crippen molar-refractivity contribution in [3.63, 3.8) is 0 Å². The fourth-order valence-corrected chi connectivity index (χ4v) is 5.62. The van der Waals surface area contributed by atoms with Crippen LogP contribution in [0.4, 0.5) is 17.3 Å². The summed E-state index contributed by atoms with van der Waals surface area (Å²) >= 11 is 1.66. The van der Waals surface area contributed by atoms with Crippen LogP contribution in [-0.4, -0.2) is 52.5 Å². The molecule has 11 heteroatoms. The summed E-state index contributed by atoms with van der Waals surface area (Å²) in [6.45, 7) is 10.2. The van der Waals surface area contributed by atoms with E-state index in [1.165, 1.54) is 51.4 Å². The van der Waals surface area contributed by atoms with Crippen LogP contribution in [0.1, 0.15) is 80.9 Å². The number of anilines is 2. The highest BCUT2D eigenvalue weighted by Crippen LogP contribution is 2.37. The van der Waals surface area contributed by atoms with Crippen LogP contribution >= 0.6 is 11.3 Å². The molecule has 10 nitrogen and oxygen atoms in total. The molecule has 1 atom stereocenters. The van der Waals surface area contributed by atoms with E-state index in [-0.39, 0.29) is 17.7 Å². The van der Waals surface area contributed by atoms with E-state index in [4.69, 9.17) is 5.73 Å². The molecule has 2 heterocycles. The maximum Gasteiger partial charge on any atom is 0.208 e. The number of nitrogens with zero attached hydrogens (tertiary/aromatic N) is 6. The number of thiazole rings is 1. The Morgan fingerprint density at radius 3 is 2.56 bits per heavy atom. The van der Waals surface area contributed by atoms with Crippen molar-refractivity contribution >= 4 is 41.2 Å². The Morgan fingerprint density at radius 1 is 1.19 bits per heavy atom. The van der Waals surface area contributed by atoms with Gasteiger partial charge in [-0.1, -0.05) is 30.8 Å². The lowest BCUT2D eigenvalue weighted by molar-refractivity contribution is 0.318. The van der Waals surface area contributed by atoms with Crippen LogP contribution in [0.2, 0.25) is 0 Å². The van der Waals surface area contributed by atoms with Crippen LogP contribution in [0.25, 0.3) is 0 Å². The normalized spacial score (nSPS) is 18.0. The van der Waals surface area contributed by atoms with Gasteiger partial charge in [0.2, 0.25) is 11.7 Å². The molecule has 0 aromatic carbocycles. The first kappa shape index (κ1) is 26.3. The van der Waals surface area contributed by atoms with Crippen molar-refractivity contribution in [2.45, 2.75) is 71.3 Å². The zero-order chi connectivity index (χ0) is 25.5. The Bertz CT molecular complexity index is 1050. The number of nitrogens with two attached hydrogens (primary N) is 1. The van der Waals surface area contributed by atoms with Gasteiger partial charge >= 0.3 is 0 Å². The molecule has 2 aliphatic carbocycles. The molecule has 0 amide bonds. The van der Waals surface area contributed by atoms with Gasteiger partial charge in [0.05, 0.1) is 17.4 Å². The SMILES string of the molecule is C=Nc1nc(/C(N)=N/O)nc(NCC2CCC2)c1N(CNC(C)c1csc(C)n1)CC1CCCCC1. The van der Waals surface area contributed by atoms with E-state index in [0.717, 1.165) is 29.5 Å². The average Bonchev–Trinajstić information content (AvgIpc) is 3.31. The number of aromatic nitrogens is 3. The molecule has 0 bridgehead atoms. The number of rotatable bonds is 12. The monoisotopic (exact) mass is 513 g/mol. The second kappa shape index (κ2) is 12.4. The second-order valence-electron chi connectivity index (χ2n) is 9.99. The van der Waals surface area contributed by atoms with Gasteiger partial charge in [-0.15, -0.1) is 11.3 Å². The van der Waals surface area contributed by atoms with Crippen molar-refractivity contribution in [1.29, 1.82) is 0 Å². The molecule has 2 fully saturated rings. The summed E-state index contributed by atoms with van der Waals surface area (Å²) in [7, 11) is 0. The third-order valence-electron chi connectivity index (χ3n) is 7.32. The van der Waals surface area contributed by atoms with Gasteiger partial charge < -0.3 is 21.2 Å². The lowest BCUT2D eigenvalue weighted by Gasteiger charge is -2.34. The number of nitrogens with one attached hydrogen (secondary N) is 2. The maximum absolute atomic E-state index is 9.25. The Hall–Kier alpha value is -2.79. The Kier molecular flexibility index (Phi) is 9.08. The van der Waals surface area contributed by atoms with E-state index in [2.05, 4.69) is 59.7 Å². The summed E-state index contributed by atoms with van der Waals surface area (Å²) in [6.07, 6.45) is 9.95. The topological polar surface area (TPSA) is 137 Å². The first-order valence-corrected chi connectivity index (χ1v) is 13.9. The van der Waals surface area contributed by atoms with Gasteiger partial charge in [0.25, 0.3) is 0 Å². The first-order valence-electron chi connectivity index (χ1n) is 13.0. The molecule has 2 aromatic heterocycles. The standard InChI is InChI=1S/C25H39N9OS/c1-16(20-14-36-17(2)30-20)29-15-34(13-19-8-5-4-6-9-19)21-23(27-3)31-25(22(26)33-35)32-24(21)28-12-18-10-7-11-18/h14,16,18-19,29,35H,3-13,15H2,1-2H3,(H2,26,33)(H,28,31,32). The molecule has 196 valence electrons. The van der Waals surface area contributed by atoms with Crippen LogP contribution in [0.5, 0.6) is 0 Å². The molecule has 4 rings (SSSR count). The van der Waals surface area contributed by atoms with Gasteiger partial charge in [-0.2, -0.15) is 0 Å². The Labute approximate surface area is 217 Å². The molecule has 5 N–H and O–H groups in total. The number of aryl methyl sites for hydroxylation is 1. The summed E-state index contributed by atoms with van der Waals surface area (Å²) < 4.78 is 0. The van der Waals surface area contributed by atoms with Gasteiger partial charge in [0.1, 0.15) is 5.69 Å². The first-order chi connectivity index (χ1) is 17.5. The van der Waals surface area contributed by atoms with Gasteiger partial charge in [-0.05, 0) is 58.1 Å². The number of amidine groups is 1. The van der Waals surface area contributed by atoms with Crippen molar-refractivity contribution in [3.8, 4) is 0 Å². The smallest absolute Gasteiger partial charge is 0.208 e. The highest BCUT2D eigenvalue weighted by molar-refractivity contribution is 7.09. The van der Waals surface area contributed by atoms with E-state index in [1.54, 1.807) is 11.3 Å². The minimum Gasteiger partial charge on any atom is -0.409 e. The van der Waals surface area contributed by atoms with Crippen molar-refractivity contribution in [2.24, 2.45) is 27.7 Å². The molecule has 2 aromatic rings. The molecular formula is C25H39N9OS. The van der Waals surface area contributed by atoms with Crippen molar-refractivity contribution in [2.75, 3.05) is 30.0 Å². The molecule has 1 unspecified atom stereocenters.